The molecular formula is C29H31BrN4O2. The molecule has 0 radical (unpaired) electrons. The van der Waals surface area contributed by atoms with E-state index in [9.17, 15) is 4.79 Å². The monoisotopic (exact) mass is 546 g/mol. The first-order valence-electron chi connectivity index (χ1n) is 12.4. The highest BCUT2D eigenvalue weighted by molar-refractivity contribution is 9.10. The number of hydrogen-bond donors (Lipinski definition) is 0. The van der Waals surface area contributed by atoms with E-state index >= 15 is 0 Å². The van der Waals surface area contributed by atoms with E-state index in [1.165, 1.54) is 24.9 Å². The number of ketones is 1. The molecule has 1 atom stereocenters. The summed E-state index contributed by atoms with van der Waals surface area (Å²) >= 11 is 3.63. The number of ether oxygens (including phenoxy) is 1. The van der Waals surface area contributed by atoms with Gasteiger partial charge in [0.2, 0.25) is 0 Å². The molecule has 0 bridgehead atoms. The number of nitrogens with zero attached hydrogens (tertiary/aromatic N) is 4. The first-order valence-corrected chi connectivity index (χ1v) is 13.2. The Morgan fingerprint density at radius 2 is 1.56 bits per heavy atom. The van der Waals surface area contributed by atoms with Gasteiger partial charge in [-0.2, -0.15) is 0 Å². The number of amidine groups is 1. The highest BCUT2D eigenvalue weighted by Crippen LogP contribution is 2.43. The summed E-state index contributed by atoms with van der Waals surface area (Å²) < 4.78 is 6.71. The summed E-state index contributed by atoms with van der Waals surface area (Å²) in [6, 6.07) is 22.6. The molecule has 2 aliphatic rings. The number of methoxy groups -OCH3 is 1. The Morgan fingerprint density at radius 1 is 0.917 bits per heavy atom. The molecule has 3 aromatic carbocycles. The molecular weight excluding hydrogens is 516 g/mol. The van der Waals surface area contributed by atoms with Gasteiger partial charge >= 0.3 is 0 Å². The van der Waals surface area contributed by atoms with Crippen molar-refractivity contribution in [1.82, 2.24) is 0 Å². The van der Waals surface area contributed by atoms with Crippen molar-refractivity contribution < 1.29 is 9.53 Å². The number of halogens is 1. The minimum atomic E-state index is -0.403. The molecule has 186 valence electrons. The molecule has 3 aromatic rings. The van der Waals surface area contributed by atoms with E-state index < -0.39 is 6.17 Å². The fourth-order valence-corrected chi connectivity index (χ4v) is 5.36. The normalized spacial score (nSPS) is 17.8. The van der Waals surface area contributed by atoms with Gasteiger partial charge in [-0.05, 0) is 80.8 Å². The standard InChI is InChI=1S/C29H31BrN4O2/c1-20-7-10-25(11-8-20)34-29(26-19-22(30)9-16-27(26)36-3)33(28(31-34)21(2)35)24-14-12-23(13-15-24)32-17-5-4-6-18-32/h7-16,19,29H,4-6,17-18H2,1-3H3/t29-/m0/s1. The summed E-state index contributed by atoms with van der Waals surface area (Å²) in [6.45, 7) is 5.80. The Kier molecular flexibility index (Phi) is 7.01. The predicted molar refractivity (Wildman–Crippen MR) is 150 cm³/mol. The number of carbonyl (C=O) groups excluding carboxylic acids is 1. The van der Waals surface area contributed by atoms with Crippen LogP contribution in [0.2, 0.25) is 0 Å². The fourth-order valence-electron chi connectivity index (χ4n) is 4.98. The van der Waals surface area contributed by atoms with Crippen LogP contribution in [0.4, 0.5) is 17.1 Å². The minimum absolute atomic E-state index is 0.0938. The number of rotatable bonds is 6. The average molecular weight is 547 g/mol. The lowest BCUT2D eigenvalue weighted by Crippen LogP contribution is -2.38. The van der Waals surface area contributed by atoms with Crippen LogP contribution in [0, 0.1) is 6.92 Å². The van der Waals surface area contributed by atoms with E-state index in [0.717, 1.165) is 45.8 Å². The maximum atomic E-state index is 12.9. The van der Waals surface area contributed by atoms with Gasteiger partial charge in [0.15, 0.2) is 17.8 Å². The zero-order valence-electron chi connectivity index (χ0n) is 20.9. The number of hydrazone groups is 1. The molecule has 36 heavy (non-hydrogen) atoms. The van der Waals surface area contributed by atoms with E-state index in [1.807, 2.05) is 40.2 Å². The number of piperidine rings is 1. The van der Waals surface area contributed by atoms with Gasteiger partial charge < -0.3 is 9.64 Å². The second-order valence-corrected chi connectivity index (χ2v) is 10.3. The lowest BCUT2D eigenvalue weighted by Gasteiger charge is -2.33. The quantitative estimate of drug-likeness (QED) is 0.345. The summed E-state index contributed by atoms with van der Waals surface area (Å²) in [5, 5.41) is 6.78. The SMILES string of the molecule is COc1ccc(Br)cc1[C@@H]1N(c2ccc(C)cc2)N=C(C(C)=O)N1c1ccc(N2CCCCC2)cc1. The molecule has 0 N–H and O–H groups in total. The van der Waals surface area contributed by atoms with Crippen molar-refractivity contribution in [3.05, 3.63) is 82.3 Å². The summed E-state index contributed by atoms with van der Waals surface area (Å²) in [5.41, 5.74) is 5.10. The highest BCUT2D eigenvalue weighted by Gasteiger charge is 2.40. The fraction of sp³-hybridized carbons (Fsp3) is 0.310. The Bertz CT molecular complexity index is 1270. The van der Waals surface area contributed by atoms with Gasteiger partial charge in [0.05, 0.1) is 12.8 Å². The summed E-state index contributed by atoms with van der Waals surface area (Å²) in [6.07, 6.45) is 3.35. The molecule has 5 rings (SSSR count). The van der Waals surface area contributed by atoms with Crippen LogP contribution < -0.4 is 19.5 Å². The van der Waals surface area contributed by atoms with Crippen molar-refractivity contribution in [3.63, 3.8) is 0 Å². The van der Waals surface area contributed by atoms with E-state index in [-0.39, 0.29) is 5.78 Å². The summed E-state index contributed by atoms with van der Waals surface area (Å²) in [4.78, 5) is 17.4. The van der Waals surface area contributed by atoms with Gasteiger partial charge in [-0.1, -0.05) is 33.6 Å². The van der Waals surface area contributed by atoms with Crippen molar-refractivity contribution in [2.75, 3.05) is 35.0 Å². The minimum Gasteiger partial charge on any atom is -0.496 e. The van der Waals surface area contributed by atoms with E-state index in [4.69, 9.17) is 9.84 Å². The molecule has 1 saturated heterocycles. The second-order valence-electron chi connectivity index (χ2n) is 9.35. The average Bonchev–Trinajstić information content (AvgIpc) is 3.30. The van der Waals surface area contributed by atoms with Gasteiger partial charge in [0.1, 0.15) is 5.75 Å². The lowest BCUT2D eigenvalue weighted by molar-refractivity contribution is -0.111. The third-order valence-corrected chi connectivity index (χ3v) is 7.33. The van der Waals surface area contributed by atoms with E-state index in [2.05, 4.69) is 64.2 Å². The Balaban J connectivity index is 1.63. The number of benzene rings is 3. The van der Waals surface area contributed by atoms with Gasteiger partial charge in [-0.15, -0.1) is 5.10 Å². The van der Waals surface area contributed by atoms with Crippen LogP contribution >= 0.6 is 15.9 Å². The van der Waals surface area contributed by atoms with Crippen molar-refractivity contribution in [2.45, 2.75) is 39.3 Å². The van der Waals surface area contributed by atoms with E-state index in [1.54, 1.807) is 14.0 Å². The molecule has 2 aliphatic heterocycles. The number of anilines is 3. The topological polar surface area (TPSA) is 48.4 Å². The number of hydrogen-bond acceptors (Lipinski definition) is 6. The zero-order valence-corrected chi connectivity index (χ0v) is 22.5. The third-order valence-electron chi connectivity index (χ3n) is 6.84. The maximum absolute atomic E-state index is 12.9. The van der Waals surface area contributed by atoms with Gasteiger partial charge in [0, 0.05) is 41.4 Å². The molecule has 0 aliphatic carbocycles. The second kappa shape index (κ2) is 10.3. The smallest absolute Gasteiger partial charge is 0.198 e. The first-order chi connectivity index (χ1) is 17.5. The number of Topliss-reactive ketones (excluding diaryl/α,β-unsaturated/α-hetero) is 1. The van der Waals surface area contributed by atoms with Gasteiger partial charge in [-0.25, -0.2) is 5.01 Å². The largest absolute Gasteiger partial charge is 0.496 e. The van der Waals surface area contributed by atoms with Crippen molar-refractivity contribution >= 4 is 44.6 Å². The zero-order chi connectivity index (χ0) is 25.2. The molecule has 2 heterocycles. The molecule has 0 spiro atoms. The van der Waals surface area contributed by atoms with Gasteiger partial charge in [-0.3, -0.25) is 9.69 Å². The van der Waals surface area contributed by atoms with Crippen LogP contribution in [0.25, 0.3) is 0 Å². The van der Waals surface area contributed by atoms with Crippen LogP contribution in [0.15, 0.2) is 76.3 Å². The molecule has 0 saturated carbocycles. The first kappa shape index (κ1) is 24.4. The number of aryl methyl sites for hydroxylation is 1. The summed E-state index contributed by atoms with van der Waals surface area (Å²) in [5.74, 6) is 1.03. The number of carbonyl (C=O) groups is 1. The molecule has 0 aromatic heterocycles. The Labute approximate surface area is 221 Å². The molecule has 6 nitrogen and oxygen atoms in total. The van der Waals surface area contributed by atoms with Crippen LogP contribution in [-0.4, -0.2) is 31.8 Å². The lowest BCUT2D eigenvalue weighted by atomic mass is 10.1. The van der Waals surface area contributed by atoms with Gasteiger partial charge in [0.25, 0.3) is 0 Å². The predicted octanol–water partition coefficient (Wildman–Crippen LogP) is 6.68. The Hall–Kier alpha value is -3.32. The van der Waals surface area contributed by atoms with Crippen LogP contribution in [0.5, 0.6) is 5.75 Å². The van der Waals surface area contributed by atoms with Crippen molar-refractivity contribution in [1.29, 1.82) is 0 Å². The summed E-state index contributed by atoms with van der Waals surface area (Å²) in [7, 11) is 1.67. The Morgan fingerprint density at radius 3 is 2.19 bits per heavy atom. The van der Waals surface area contributed by atoms with Crippen LogP contribution in [0.1, 0.15) is 43.5 Å². The molecule has 0 amide bonds. The van der Waals surface area contributed by atoms with Crippen LogP contribution in [0.3, 0.4) is 0 Å². The third kappa shape index (κ3) is 4.72. The van der Waals surface area contributed by atoms with E-state index in [0.29, 0.717) is 5.84 Å². The van der Waals surface area contributed by atoms with Crippen LogP contribution in [-0.2, 0) is 4.79 Å². The highest BCUT2D eigenvalue weighted by atomic mass is 79.9. The maximum Gasteiger partial charge on any atom is 0.198 e. The van der Waals surface area contributed by atoms with Crippen molar-refractivity contribution in [3.8, 4) is 5.75 Å². The molecule has 1 fully saturated rings. The van der Waals surface area contributed by atoms with Crippen molar-refractivity contribution in [2.24, 2.45) is 5.10 Å². The molecule has 0 unspecified atom stereocenters. The molecule has 7 heteroatoms.